The number of ether oxygens (including phenoxy) is 1. The summed E-state index contributed by atoms with van der Waals surface area (Å²) in [6, 6.07) is 14.6. The number of sulfonamides is 1. The SMILES string of the molecule is COc1ccc2c(c1)CCCN2c1ccnc(Nc2ccc(S(=O)(=O)NCC3CC3)cc2)n1. The molecular weight excluding hydrogens is 438 g/mol. The molecule has 2 heterocycles. The molecule has 0 amide bonds. The second kappa shape index (κ2) is 8.99. The third kappa shape index (κ3) is 4.94. The smallest absolute Gasteiger partial charge is 0.240 e. The number of nitrogens with zero attached hydrogens (tertiary/aromatic N) is 3. The molecule has 8 nitrogen and oxygen atoms in total. The first-order valence-electron chi connectivity index (χ1n) is 11.2. The van der Waals surface area contributed by atoms with E-state index in [-0.39, 0.29) is 4.90 Å². The standard InChI is InChI=1S/C24H27N5O3S/c1-32-20-8-11-22-18(15-20)3-2-14-29(22)23-12-13-25-24(28-23)27-19-6-9-21(10-7-19)33(30,31)26-16-17-4-5-17/h6-13,15,17,26H,2-5,14,16H2,1H3,(H,25,27,28). The molecule has 172 valence electrons. The predicted molar refractivity (Wildman–Crippen MR) is 128 cm³/mol. The van der Waals surface area contributed by atoms with Crippen molar-refractivity contribution in [1.29, 1.82) is 0 Å². The van der Waals surface area contributed by atoms with E-state index in [1.807, 2.05) is 12.1 Å². The van der Waals surface area contributed by atoms with Gasteiger partial charge in [-0.05, 0) is 85.7 Å². The zero-order chi connectivity index (χ0) is 22.8. The summed E-state index contributed by atoms with van der Waals surface area (Å²) >= 11 is 0. The number of nitrogens with one attached hydrogen (secondary N) is 2. The molecular formula is C24H27N5O3S. The molecule has 0 unspecified atom stereocenters. The van der Waals surface area contributed by atoms with Crippen LogP contribution in [0.1, 0.15) is 24.8 Å². The van der Waals surface area contributed by atoms with E-state index in [2.05, 4.69) is 32.1 Å². The fraction of sp³-hybridized carbons (Fsp3) is 0.333. The van der Waals surface area contributed by atoms with Crippen molar-refractivity contribution in [2.45, 2.75) is 30.6 Å². The molecule has 0 bridgehead atoms. The van der Waals surface area contributed by atoms with Gasteiger partial charge in [-0.2, -0.15) is 4.98 Å². The molecule has 1 aliphatic carbocycles. The van der Waals surface area contributed by atoms with Gasteiger partial charge in [0.1, 0.15) is 11.6 Å². The van der Waals surface area contributed by atoms with Gasteiger partial charge in [0.05, 0.1) is 12.0 Å². The van der Waals surface area contributed by atoms with Crippen molar-refractivity contribution in [3.05, 3.63) is 60.3 Å². The third-order valence-electron chi connectivity index (χ3n) is 6.00. The maximum Gasteiger partial charge on any atom is 0.240 e. The van der Waals surface area contributed by atoms with Gasteiger partial charge in [-0.1, -0.05) is 0 Å². The van der Waals surface area contributed by atoms with E-state index in [1.165, 1.54) is 5.56 Å². The number of fused-ring (bicyclic) bond motifs is 1. The zero-order valence-electron chi connectivity index (χ0n) is 18.5. The maximum atomic E-state index is 12.4. The minimum atomic E-state index is -3.48. The summed E-state index contributed by atoms with van der Waals surface area (Å²) in [6.45, 7) is 1.38. The van der Waals surface area contributed by atoms with Gasteiger partial charge in [0.2, 0.25) is 16.0 Å². The highest BCUT2D eigenvalue weighted by Gasteiger charge is 2.24. The number of benzene rings is 2. The molecule has 0 saturated heterocycles. The number of aromatic nitrogens is 2. The summed E-state index contributed by atoms with van der Waals surface area (Å²) in [6.07, 6.45) is 5.95. The molecule has 5 rings (SSSR count). The van der Waals surface area contributed by atoms with E-state index < -0.39 is 10.0 Å². The van der Waals surface area contributed by atoms with E-state index in [0.29, 0.717) is 18.4 Å². The number of rotatable bonds is 8. The number of aryl methyl sites for hydroxylation is 1. The lowest BCUT2D eigenvalue weighted by molar-refractivity contribution is 0.414. The number of methoxy groups -OCH3 is 1. The van der Waals surface area contributed by atoms with Crippen LogP contribution in [-0.4, -0.2) is 38.6 Å². The molecule has 2 aromatic carbocycles. The molecule has 0 atom stereocenters. The minimum Gasteiger partial charge on any atom is -0.497 e. The Bertz CT molecular complexity index is 1240. The second-order valence-corrected chi connectivity index (χ2v) is 10.2. The first-order valence-corrected chi connectivity index (χ1v) is 12.6. The maximum absolute atomic E-state index is 12.4. The van der Waals surface area contributed by atoms with Crippen LogP contribution in [0.5, 0.6) is 5.75 Å². The lowest BCUT2D eigenvalue weighted by Crippen LogP contribution is -2.25. The van der Waals surface area contributed by atoms with Crippen LogP contribution >= 0.6 is 0 Å². The lowest BCUT2D eigenvalue weighted by Gasteiger charge is -2.30. The van der Waals surface area contributed by atoms with E-state index in [4.69, 9.17) is 9.72 Å². The molecule has 0 spiro atoms. The molecule has 2 N–H and O–H groups in total. The summed E-state index contributed by atoms with van der Waals surface area (Å²) in [5.41, 5.74) is 3.08. The van der Waals surface area contributed by atoms with E-state index >= 15 is 0 Å². The Hall–Kier alpha value is -3.17. The molecule has 1 aromatic heterocycles. The van der Waals surface area contributed by atoms with Crippen LogP contribution in [0.25, 0.3) is 0 Å². The number of hydrogen-bond donors (Lipinski definition) is 2. The van der Waals surface area contributed by atoms with Crippen molar-refractivity contribution in [2.24, 2.45) is 5.92 Å². The summed E-state index contributed by atoms with van der Waals surface area (Å²) in [7, 11) is -1.81. The average Bonchev–Trinajstić information content (AvgIpc) is 3.67. The zero-order valence-corrected chi connectivity index (χ0v) is 19.3. The molecule has 1 aliphatic heterocycles. The Balaban J connectivity index is 1.31. The Labute approximate surface area is 194 Å². The largest absolute Gasteiger partial charge is 0.497 e. The fourth-order valence-corrected chi connectivity index (χ4v) is 5.09. The molecule has 0 radical (unpaired) electrons. The Morgan fingerprint density at radius 2 is 1.94 bits per heavy atom. The second-order valence-electron chi connectivity index (χ2n) is 8.43. The van der Waals surface area contributed by atoms with Crippen molar-refractivity contribution in [3.63, 3.8) is 0 Å². The van der Waals surface area contributed by atoms with Gasteiger partial charge in [0.15, 0.2) is 0 Å². The molecule has 1 fully saturated rings. The van der Waals surface area contributed by atoms with Gasteiger partial charge in [-0.15, -0.1) is 0 Å². The average molecular weight is 466 g/mol. The lowest BCUT2D eigenvalue weighted by atomic mass is 10.0. The Kier molecular flexibility index (Phi) is 5.90. The molecule has 3 aromatic rings. The van der Waals surface area contributed by atoms with Gasteiger partial charge in [-0.25, -0.2) is 18.1 Å². The number of hydrogen-bond acceptors (Lipinski definition) is 7. The summed E-state index contributed by atoms with van der Waals surface area (Å²) in [4.78, 5) is 11.5. The van der Waals surface area contributed by atoms with E-state index in [1.54, 1.807) is 37.6 Å². The topological polar surface area (TPSA) is 96.5 Å². The van der Waals surface area contributed by atoms with Crippen LogP contribution in [0.2, 0.25) is 0 Å². The van der Waals surface area contributed by atoms with Crippen LogP contribution in [0.15, 0.2) is 59.6 Å². The minimum absolute atomic E-state index is 0.253. The van der Waals surface area contributed by atoms with Crippen molar-refractivity contribution in [2.75, 3.05) is 30.4 Å². The summed E-state index contributed by atoms with van der Waals surface area (Å²) in [5, 5.41) is 3.18. The van der Waals surface area contributed by atoms with Gasteiger partial charge < -0.3 is 15.0 Å². The highest BCUT2D eigenvalue weighted by atomic mass is 32.2. The first-order chi connectivity index (χ1) is 16.0. The van der Waals surface area contributed by atoms with Crippen molar-refractivity contribution in [3.8, 4) is 5.75 Å². The normalized spacial score (nSPS) is 15.7. The Morgan fingerprint density at radius 3 is 2.70 bits per heavy atom. The quantitative estimate of drug-likeness (QED) is 0.519. The highest BCUT2D eigenvalue weighted by Crippen LogP contribution is 2.35. The molecule has 1 saturated carbocycles. The van der Waals surface area contributed by atoms with Crippen molar-refractivity contribution >= 4 is 33.2 Å². The van der Waals surface area contributed by atoms with Gasteiger partial charge in [-0.3, -0.25) is 0 Å². The van der Waals surface area contributed by atoms with E-state index in [9.17, 15) is 8.42 Å². The van der Waals surface area contributed by atoms with Crippen LogP contribution < -0.4 is 19.7 Å². The summed E-state index contributed by atoms with van der Waals surface area (Å²) in [5.74, 6) is 2.60. The van der Waals surface area contributed by atoms with Gasteiger partial charge >= 0.3 is 0 Å². The van der Waals surface area contributed by atoms with Crippen LogP contribution in [-0.2, 0) is 16.4 Å². The molecule has 33 heavy (non-hydrogen) atoms. The Morgan fingerprint density at radius 1 is 1.12 bits per heavy atom. The van der Waals surface area contributed by atoms with Crippen LogP contribution in [0.3, 0.4) is 0 Å². The van der Waals surface area contributed by atoms with Crippen LogP contribution in [0.4, 0.5) is 23.1 Å². The first kappa shape index (κ1) is 21.7. The number of anilines is 4. The molecule has 9 heteroatoms. The van der Waals surface area contributed by atoms with Crippen LogP contribution in [0, 0.1) is 5.92 Å². The van der Waals surface area contributed by atoms with Gasteiger partial charge in [0.25, 0.3) is 0 Å². The highest BCUT2D eigenvalue weighted by molar-refractivity contribution is 7.89. The monoisotopic (exact) mass is 465 g/mol. The third-order valence-corrected chi connectivity index (χ3v) is 7.44. The summed E-state index contributed by atoms with van der Waals surface area (Å²) < 4.78 is 32.9. The van der Waals surface area contributed by atoms with E-state index in [0.717, 1.165) is 55.2 Å². The molecule has 2 aliphatic rings. The van der Waals surface area contributed by atoms with Crippen molar-refractivity contribution in [1.82, 2.24) is 14.7 Å². The van der Waals surface area contributed by atoms with Gasteiger partial charge in [0, 0.05) is 30.7 Å². The van der Waals surface area contributed by atoms with Crippen molar-refractivity contribution < 1.29 is 13.2 Å². The predicted octanol–water partition coefficient (Wildman–Crippen LogP) is 4.00. The fourth-order valence-electron chi connectivity index (χ4n) is 3.98.